The summed E-state index contributed by atoms with van der Waals surface area (Å²) >= 11 is 0. The predicted molar refractivity (Wildman–Crippen MR) is 115 cm³/mol. The van der Waals surface area contributed by atoms with Gasteiger partial charge in [0.2, 0.25) is 0 Å². The third kappa shape index (κ3) is 4.81. The second kappa shape index (κ2) is 9.85. The third-order valence-electron chi connectivity index (χ3n) is 4.87. The zero-order chi connectivity index (χ0) is 19.4. The van der Waals surface area contributed by atoms with Crippen LogP contribution in [0.4, 0.5) is 4.39 Å². The lowest BCUT2D eigenvalue weighted by molar-refractivity contribution is -0.145. The molecule has 152 valence electrons. The van der Waals surface area contributed by atoms with Crippen molar-refractivity contribution >= 4 is 35.9 Å². The molecule has 3 rings (SSSR count). The minimum atomic E-state index is -0.317. The highest BCUT2D eigenvalue weighted by Gasteiger charge is 2.36. The molecule has 0 radical (unpaired) electrons. The number of likely N-dealkylation sites (tertiary alicyclic amines) is 1. The molecule has 0 aliphatic carbocycles. The first-order valence-electron chi connectivity index (χ1n) is 8.83. The Kier molecular flexibility index (Phi) is 7.78. The number of imidazole rings is 1. The van der Waals surface area contributed by atoms with Crippen LogP contribution in [0.3, 0.4) is 0 Å². The fourth-order valence-corrected chi connectivity index (χ4v) is 3.38. The van der Waals surface area contributed by atoms with Gasteiger partial charge < -0.3 is 19.5 Å². The Morgan fingerprint density at radius 1 is 1.43 bits per heavy atom. The number of esters is 1. The number of aliphatic imine (C=N–C) groups is 1. The molecule has 1 aliphatic rings. The molecule has 1 aliphatic heterocycles. The molecule has 0 spiro atoms. The first kappa shape index (κ1) is 22.1. The number of halogens is 2. The molecule has 1 fully saturated rings. The van der Waals surface area contributed by atoms with E-state index in [1.165, 1.54) is 13.2 Å². The number of methoxy groups -OCH3 is 1. The van der Waals surface area contributed by atoms with Gasteiger partial charge in [0.25, 0.3) is 0 Å². The summed E-state index contributed by atoms with van der Waals surface area (Å²) in [5.41, 5.74) is 1.25. The lowest BCUT2D eigenvalue weighted by atomic mass is 9.99. The van der Waals surface area contributed by atoms with Crippen LogP contribution >= 0.6 is 24.0 Å². The maximum atomic E-state index is 14.4. The summed E-state index contributed by atoms with van der Waals surface area (Å²) in [5, 5.41) is 3.25. The van der Waals surface area contributed by atoms with Crippen molar-refractivity contribution in [3.05, 3.63) is 48.3 Å². The van der Waals surface area contributed by atoms with Crippen LogP contribution < -0.4 is 5.32 Å². The Morgan fingerprint density at radius 2 is 2.21 bits per heavy atom. The van der Waals surface area contributed by atoms with E-state index in [1.807, 2.05) is 17.9 Å². The number of benzene rings is 1. The number of nitrogens with one attached hydrogen (secondary N) is 1. The smallest absolute Gasteiger partial charge is 0.310 e. The van der Waals surface area contributed by atoms with Gasteiger partial charge in [-0.1, -0.05) is 13.0 Å². The molecule has 2 atom stereocenters. The number of rotatable bonds is 4. The fraction of sp³-hybridized carbons (Fsp3) is 0.421. The molecule has 2 unspecified atom stereocenters. The van der Waals surface area contributed by atoms with Crippen molar-refractivity contribution in [2.45, 2.75) is 13.5 Å². The summed E-state index contributed by atoms with van der Waals surface area (Å²) in [6, 6.07) is 5.09. The van der Waals surface area contributed by atoms with Crippen LogP contribution in [0, 0.1) is 17.7 Å². The van der Waals surface area contributed by atoms with E-state index in [2.05, 4.69) is 15.3 Å². The third-order valence-corrected chi connectivity index (χ3v) is 4.87. The molecule has 0 amide bonds. The van der Waals surface area contributed by atoms with Gasteiger partial charge in [-0.3, -0.25) is 9.79 Å². The standard InChI is InChI=1S/C19H24FN5O2.HI/c1-13-10-25(11-15(13)18(26)27-3)19(21-2)23-9-14-4-5-17(16(20)8-14)24-7-6-22-12-24;/h4-8,12-13,15H,9-11H2,1-3H3,(H,21,23);1H. The molecule has 0 saturated carbocycles. The van der Waals surface area contributed by atoms with Gasteiger partial charge in [0.15, 0.2) is 5.96 Å². The van der Waals surface area contributed by atoms with Gasteiger partial charge in [-0.25, -0.2) is 9.37 Å². The van der Waals surface area contributed by atoms with Crippen LogP contribution in [0.1, 0.15) is 12.5 Å². The normalized spacial score (nSPS) is 19.3. The highest BCUT2D eigenvalue weighted by Crippen LogP contribution is 2.24. The Labute approximate surface area is 181 Å². The number of hydrogen-bond donors (Lipinski definition) is 1. The van der Waals surface area contributed by atoms with Crippen molar-refractivity contribution < 1.29 is 13.9 Å². The molecule has 1 aromatic heterocycles. The SMILES string of the molecule is CN=C(NCc1ccc(-n2ccnc2)c(F)c1)N1CC(C)C(C(=O)OC)C1.I. The Hall–Kier alpha value is -2.17. The largest absolute Gasteiger partial charge is 0.469 e. The van der Waals surface area contributed by atoms with Gasteiger partial charge in [0, 0.05) is 39.1 Å². The lowest BCUT2D eigenvalue weighted by Gasteiger charge is -2.21. The van der Waals surface area contributed by atoms with E-state index in [1.54, 1.807) is 36.4 Å². The molecule has 2 heterocycles. The van der Waals surface area contributed by atoms with Crippen molar-refractivity contribution in [3.8, 4) is 5.69 Å². The van der Waals surface area contributed by atoms with Gasteiger partial charge in [-0.2, -0.15) is 0 Å². The van der Waals surface area contributed by atoms with Crippen LogP contribution in [0.25, 0.3) is 5.69 Å². The number of carbonyl (C=O) groups is 1. The first-order valence-corrected chi connectivity index (χ1v) is 8.83. The van der Waals surface area contributed by atoms with Gasteiger partial charge in [0.1, 0.15) is 5.82 Å². The van der Waals surface area contributed by atoms with E-state index < -0.39 is 0 Å². The number of aromatic nitrogens is 2. The molecular weight excluding hydrogens is 476 g/mol. The summed E-state index contributed by atoms with van der Waals surface area (Å²) < 4.78 is 20.9. The highest BCUT2D eigenvalue weighted by atomic mass is 127. The summed E-state index contributed by atoms with van der Waals surface area (Å²) in [5.74, 6) is 0.191. The average Bonchev–Trinajstić information content (AvgIpc) is 3.32. The summed E-state index contributed by atoms with van der Waals surface area (Å²) in [7, 11) is 3.11. The van der Waals surface area contributed by atoms with Crippen molar-refractivity contribution in [2.75, 3.05) is 27.2 Å². The molecule has 1 aromatic carbocycles. The van der Waals surface area contributed by atoms with Crippen molar-refractivity contribution in [2.24, 2.45) is 16.8 Å². The minimum Gasteiger partial charge on any atom is -0.469 e. The number of guanidine groups is 1. The van der Waals surface area contributed by atoms with E-state index in [-0.39, 0.29) is 47.6 Å². The van der Waals surface area contributed by atoms with Crippen LogP contribution in [0.5, 0.6) is 0 Å². The molecule has 2 aromatic rings. The first-order chi connectivity index (χ1) is 13.0. The predicted octanol–water partition coefficient (Wildman–Crippen LogP) is 2.45. The van der Waals surface area contributed by atoms with Crippen molar-refractivity contribution in [3.63, 3.8) is 0 Å². The topological polar surface area (TPSA) is 71.8 Å². The van der Waals surface area contributed by atoms with Crippen LogP contribution in [0.15, 0.2) is 41.9 Å². The van der Waals surface area contributed by atoms with Gasteiger partial charge in [-0.15, -0.1) is 24.0 Å². The molecular formula is C19H25FIN5O2. The van der Waals surface area contributed by atoms with Gasteiger partial charge >= 0.3 is 5.97 Å². The molecule has 28 heavy (non-hydrogen) atoms. The molecule has 1 saturated heterocycles. The number of ether oxygens (including phenoxy) is 1. The fourth-order valence-electron chi connectivity index (χ4n) is 3.38. The maximum Gasteiger partial charge on any atom is 0.310 e. The lowest BCUT2D eigenvalue weighted by Crippen LogP contribution is -2.40. The summed E-state index contributed by atoms with van der Waals surface area (Å²) in [6.45, 7) is 3.73. The second-order valence-electron chi connectivity index (χ2n) is 6.67. The molecule has 7 nitrogen and oxygen atoms in total. The van der Waals surface area contributed by atoms with Crippen LogP contribution in [0.2, 0.25) is 0 Å². The summed E-state index contributed by atoms with van der Waals surface area (Å²) in [6.07, 6.45) is 4.87. The number of nitrogens with zero attached hydrogens (tertiary/aromatic N) is 4. The molecule has 9 heteroatoms. The number of hydrogen-bond acceptors (Lipinski definition) is 4. The molecule has 0 bridgehead atoms. The zero-order valence-electron chi connectivity index (χ0n) is 16.1. The van der Waals surface area contributed by atoms with Crippen LogP contribution in [-0.4, -0.2) is 53.6 Å². The van der Waals surface area contributed by atoms with Crippen LogP contribution in [-0.2, 0) is 16.1 Å². The zero-order valence-corrected chi connectivity index (χ0v) is 18.5. The Bertz CT molecular complexity index is 828. The second-order valence-corrected chi connectivity index (χ2v) is 6.67. The van der Waals surface area contributed by atoms with E-state index in [0.29, 0.717) is 31.3 Å². The molecule has 1 N–H and O–H groups in total. The van der Waals surface area contributed by atoms with E-state index in [9.17, 15) is 9.18 Å². The quantitative estimate of drug-likeness (QED) is 0.302. The minimum absolute atomic E-state index is 0. The van der Waals surface area contributed by atoms with E-state index in [0.717, 1.165) is 5.56 Å². The number of carbonyl (C=O) groups excluding carboxylic acids is 1. The van der Waals surface area contributed by atoms with Crippen molar-refractivity contribution in [1.82, 2.24) is 19.8 Å². The highest BCUT2D eigenvalue weighted by molar-refractivity contribution is 14.0. The van der Waals surface area contributed by atoms with Crippen molar-refractivity contribution in [1.29, 1.82) is 0 Å². The monoisotopic (exact) mass is 501 g/mol. The van der Waals surface area contributed by atoms with Gasteiger partial charge in [-0.05, 0) is 23.6 Å². The Morgan fingerprint density at radius 3 is 2.82 bits per heavy atom. The van der Waals surface area contributed by atoms with E-state index in [4.69, 9.17) is 4.74 Å². The van der Waals surface area contributed by atoms with Gasteiger partial charge in [0.05, 0.1) is 25.0 Å². The van der Waals surface area contributed by atoms with E-state index >= 15 is 0 Å². The average molecular weight is 501 g/mol. The summed E-state index contributed by atoms with van der Waals surface area (Å²) in [4.78, 5) is 22.1. The Balaban J connectivity index is 0.00000280. The maximum absolute atomic E-state index is 14.4.